The summed E-state index contributed by atoms with van der Waals surface area (Å²) in [5.41, 5.74) is 0. The van der Waals surface area contributed by atoms with Gasteiger partial charge in [-0.1, -0.05) is 33.4 Å². The zero-order valence-electron chi connectivity index (χ0n) is 11.0. The van der Waals surface area contributed by atoms with Crippen molar-refractivity contribution in [2.75, 3.05) is 19.6 Å². The van der Waals surface area contributed by atoms with Crippen molar-refractivity contribution in [3.8, 4) is 0 Å². The number of thiol groups is 1. The highest BCUT2D eigenvalue weighted by molar-refractivity contribution is 8.32. The lowest BCUT2D eigenvalue weighted by Crippen LogP contribution is -2.21. The van der Waals surface area contributed by atoms with Crippen molar-refractivity contribution in [2.24, 2.45) is 0 Å². The third-order valence-electron chi connectivity index (χ3n) is 2.36. The van der Waals surface area contributed by atoms with Gasteiger partial charge in [0.25, 0.3) is 0 Å². The first-order valence-corrected chi connectivity index (χ1v) is 7.18. The monoisotopic (exact) mass is 289 g/mol. The Hall–Kier alpha value is -0.520. The van der Waals surface area contributed by atoms with E-state index in [1.54, 1.807) is 0 Å². The Labute approximate surface area is 118 Å². The van der Waals surface area contributed by atoms with E-state index in [2.05, 4.69) is 38.3 Å². The van der Waals surface area contributed by atoms with Gasteiger partial charge in [-0.25, -0.2) is 4.39 Å². The maximum atomic E-state index is 12.3. The van der Waals surface area contributed by atoms with E-state index in [1.807, 2.05) is 0 Å². The van der Waals surface area contributed by atoms with Crippen LogP contribution in [-0.2, 0) is 0 Å². The Morgan fingerprint density at radius 3 is 1.89 bits per heavy atom. The molecule has 0 aliphatic carbocycles. The number of benzene rings is 1. The molecule has 0 amide bonds. The first-order valence-electron chi connectivity index (χ1n) is 5.92. The number of hydrogen-bond acceptors (Lipinski definition) is 3. The van der Waals surface area contributed by atoms with Crippen LogP contribution in [0.15, 0.2) is 29.2 Å². The van der Waals surface area contributed by atoms with Crippen molar-refractivity contribution in [3.05, 3.63) is 30.1 Å². The smallest absolute Gasteiger partial charge is 0.247 e. The van der Waals surface area contributed by atoms with E-state index in [9.17, 15) is 9.18 Å². The second-order valence-corrected chi connectivity index (χ2v) is 5.20. The van der Waals surface area contributed by atoms with Gasteiger partial charge in [-0.2, -0.15) is 0 Å². The number of nitrogens with zero attached hydrogens (tertiary/aromatic N) is 1. The molecule has 0 saturated carbocycles. The minimum absolute atomic E-state index is 0.295. The molecule has 0 aliphatic heterocycles. The predicted octanol–water partition coefficient (Wildman–Crippen LogP) is 4.32. The molecule has 0 spiro atoms. The maximum absolute atomic E-state index is 12.3. The molecule has 1 aromatic carbocycles. The minimum Gasteiger partial charge on any atom is -0.304 e. The number of halogens is 1. The van der Waals surface area contributed by atoms with E-state index in [-0.39, 0.29) is 10.3 Å². The van der Waals surface area contributed by atoms with Gasteiger partial charge in [0.15, 0.2) is 0 Å². The van der Waals surface area contributed by atoms with Gasteiger partial charge in [-0.15, -0.1) is 0 Å². The minimum atomic E-state index is -0.305. The Bertz CT molecular complexity index is 334. The molecular weight excluding hydrogens is 269 g/mol. The van der Waals surface area contributed by atoms with Gasteiger partial charge in [0.1, 0.15) is 5.82 Å². The van der Waals surface area contributed by atoms with Gasteiger partial charge < -0.3 is 4.90 Å². The third kappa shape index (κ3) is 8.55. The van der Waals surface area contributed by atoms with Gasteiger partial charge in [-0.3, -0.25) is 4.79 Å². The number of carbonyl (C=O) groups is 1. The average molecular weight is 289 g/mol. The first kappa shape index (κ1) is 17.5. The molecule has 18 heavy (non-hydrogen) atoms. The number of hydrogen-bond donors (Lipinski definition) is 1. The number of carbonyl (C=O) groups excluding carboxylic acids is 1. The van der Waals surface area contributed by atoms with Crippen LogP contribution in [0.4, 0.5) is 9.18 Å². The summed E-state index contributed by atoms with van der Waals surface area (Å²) >= 11 is 4.53. The molecule has 0 fully saturated rings. The molecule has 0 aromatic heterocycles. The van der Waals surface area contributed by atoms with Crippen molar-refractivity contribution in [3.63, 3.8) is 0 Å². The average Bonchev–Trinajstić information content (AvgIpc) is 2.35. The van der Waals surface area contributed by atoms with Gasteiger partial charge >= 0.3 is 0 Å². The van der Waals surface area contributed by atoms with Crippen molar-refractivity contribution in [1.29, 1.82) is 0 Å². The molecule has 1 rings (SSSR count). The highest BCUT2D eigenvalue weighted by Crippen LogP contribution is 2.20. The van der Waals surface area contributed by atoms with Crippen LogP contribution in [0.5, 0.6) is 0 Å². The largest absolute Gasteiger partial charge is 0.304 e. The summed E-state index contributed by atoms with van der Waals surface area (Å²) in [5, 5.41) is 0. The predicted molar refractivity (Wildman–Crippen MR) is 80.1 cm³/mol. The van der Waals surface area contributed by atoms with Gasteiger partial charge in [0.2, 0.25) is 4.45 Å². The normalized spacial score (nSPS) is 9.89. The van der Waals surface area contributed by atoms with Gasteiger partial charge in [0, 0.05) is 4.90 Å². The van der Waals surface area contributed by atoms with E-state index in [1.165, 1.54) is 43.9 Å². The Morgan fingerprint density at radius 1 is 1.17 bits per heavy atom. The maximum Gasteiger partial charge on any atom is 0.247 e. The van der Waals surface area contributed by atoms with Crippen molar-refractivity contribution in [2.45, 2.75) is 25.7 Å². The summed E-state index contributed by atoms with van der Waals surface area (Å²) in [6.07, 6.45) is 0. The summed E-state index contributed by atoms with van der Waals surface area (Å²) in [6.45, 7) is 10.1. The fourth-order valence-corrected chi connectivity index (χ4v) is 2.06. The zero-order valence-corrected chi connectivity index (χ0v) is 12.7. The van der Waals surface area contributed by atoms with E-state index in [0.717, 1.165) is 11.8 Å². The molecule has 2 nitrogen and oxygen atoms in total. The van der Waals surface area contributed by atoms with Crippen LogP contribution < -0.4 is 0 Å². The summed E-state index contributed by atoms with van der Waals surface area (Å²) in [5.74, 6) is -0.305. The summed E-state index contributed by atoms with van der Waals surface area (Å²) in [6, 6.07) is 5.68. The second-order valence-electron chi connectivity index (χ2n) is 3.44. The summed E-state index contributed by atoms with van der Waals surface area (Å²) in [4.78, 5) is 13.5. The topological polar surface area (TPSA) is 20.3 Å². The second kappa shape index (κ2) is 10.4. The standard InChI is InChI=1S/C7H5FOS2.C6H15N/c8-5-1-3-6(4-2-5)11-7(9)10;1-4-7(5-2)6-3/h1-4H,(H,9,10);4-6H2,1-3H3. The molecule has 0 unspecified atom stereocenters. The molecular formula is C13H20FNOS2. The van der Waals surface area contributed by atoms with Crippen molar-refractivity contribution in [1.82, 2.24) is 4.90 Å². The van der Waals surface area contributed by atoms with Crippen molar-refractivity contribution < 1.29 is 9.18 Å². The molecule has 0 aliphatic rings. The lowest BCUT2D eigenvalue weighted by atomic mass is 10.4. The molecule has 0 N–H and O–H groups in total. The van der Waals surface area contributed by atoms with E-state index in [0.29, 0.717) is 4.90 Å². The fourth-order valence-electron chi connectivity index (χ4n) is 1.27. The quantitative estimate of drug-likeness (QED) is 0.658. The van der Waals surface area contributed by atoms with Crippen LogP contribution in [-0.4, -0.2) is 29.0 Å². The van der Waals surface area contributed by atoms with Crippen LogP contribution in [0.3, 0.4) is 0 Å². The highest BCUT2D eigenvalue weighted by Gasteiger charge is 1.98. The fraction of sp³-hybridized carbons (Fsp3) is 0.462. The van der Waals surface area contributed by atoms with Gasteiger partial charge in [0.05, 0.1) is 0 Å². The van der Waals surface area contributed by atoms with Crippen LogP contribution in [0.25, 0.3) is 0 Å². The Kier molecular flexibility index (Phi) is 10.1. The molecule has 0 heterocycles. The summed E-state index contributed by atoms with van der Waals surface area (Å²) in [7, 11) is 0. The van der Waals surface area contributed by atoms with Gasteiger partial charge in [-0.05, 0) is 55.7 Å². The first-order chi connectivity index (χ1) is 8.53. The SMILES string of the molecule is CCN(CC)CC.O=C(S)Sc1ccc(F)cc1. The third-order valence-corrected chi connectivity index (χ3v) is 3.32. The Morgan fingerprint density at radius 2 is 1.61 bits per heavy atom. The molecule has 1 aromatic rings. The molecule has 102 valence electrons. The number of rotatable bonds is 4. The lowest BCUT2D eigenvalue weighted by molar-refractivity contribution is 0.277. The summed E-state index contributed by atoms with van der Waals surface area (Å²) < 4.78 is 12.0. The molecule has 0 saturated heterocycles. The van der Waals surface area contributed by atoms with Crippen LogP contribution in [0.1, 0.15) is 20.8 Å². The molecule has 0 radical (unpaired) electrons. The number of thioether (sulfide) groups is 1. The van der Waals surface area contributed by atoms with Crippen LogP contribution in [0.2, 0.25) is 0 Å². The molecule has 5 heteroatoms. The van der Waals surface area contributed by atoms with Crippen molar-refractivity contribution >= 4 is 28.8 Å². The van der Waals surface area contributed by atoms with E-state index >= 15 is 0 Å². The Balaban J connectivity index is 0.000000360. The molecule has 0 bridgehead atoms. The van der Waals surface area contributed by atoms with E-state index in [4.69, 9.17) is 0 Å². The van der Waals surface area contributed by atoms with Crippen LogP contribution in [0, 0.1) is 5.82 Å². The van der Waals surface area contributed by atoms with Crippen LogP contribution >= 0.6 is 24.4 Å². The van der Waals surface area contributed by atoms with E-state index < -0.39 is 0 Å². The molecule has 0 atom stereocenters. The lowest BCUT2D eigenvalue weighted by Gasteiger charge is -2.13. The highest BCUT2D eigenvalue weighted by atomic mass is 32.2. The zero-order chi connectivity index (χ0) is 14.0.